The predicted octanol–water partition coefficient (Wildman–Crippen LogP) is -1.25. The van der Waals surface area contributed by atoms with Crippen molar-refractivity contribution in [1.29, 1.82) is 0 Å². The summed E-state index contributed by atoms with van der Waals surface area (Å²) in [4.78, 5) is 9.51. The SMILES string of the molecule is NC(=O)CS.[NaH]. The van der Waals surface area contributed by atoms with Crippen molar-refractivity contribution in [1.82, 2.24) is 0 Å². The number of amides is 1. The van der Waals surface area contributed by atoms with Gasteiger partial charge in [-0.05, 0) is 0 Å². The Morgan fingerprint density at radius 2 is 2.00 bits per heavy atom. The van der Waals surface area contributed by atoms with Gasteiger partial charge >= 0.3 is 29.6 Å². The molecule has 0 aliphatic heterocycles. The average molecular weight is 115 g/mol. The van der Waals surface area contributed by atoms with Gasteiger partial charge in [0, 0.05) is 0 Å². The molecule has 4 heteroatoms. The Labute approximate surface area is 64.2 Å². The zero-order chi connectivity index (χ0) is 4.28. The van der Waals surface area contributed by atoms with Crippen LogP contribution in [-0.2, 0) is 4.79 Å². The van der Waals surface area contributed by atoms with Gasteiger partial charge in [0.2, 0.25) is 5.91 Å². The molecule has 6 heavy (non-hydrogen) atoms. The molecule has 0 bridgehead atoms. The summed E-state index contributed by atoms with van der Waals surface area (Å²) in [5, 5.41) is 0. The molecule has 0 aromatic heterocycles. The number of hydrogen-bond donors (Lipinski definition) is 2. The molecular weight excluding hydrogens is 109 g/mol. The van der Waals surface area contributed by atoms with E-state index in [1.54, 1.807) is 0 Å². The van der Waals surface area contributed by atoms with Crippen LogP contribution in [0.4, 0.5) is 0 Å². The van der Waals surface area contributed by atoms with E-state index in [9.17, 15) is 4.79 Å². The third-order valence-corrected chi connectivity index (χ3v) is 0.468. The van der Waals surface area contributed by atoms with E-state index in [1.165, 1.54) is 0 Å². The third-order valence-electron chi connectivity index (χ3n) is 0.156. The number of thiol groups is 1. The molecule has 0 heterocycles. The summed E-state index contributed by atoms with van der Waals surface area (Å²) >= 11 is 3.54. The Kier molecular flexibility index (Phi) is 9.65. The Bertz CT molecular complexity index is 48.8. The standard InChI is InChI=1S/C2H5NOS.Na.H/c3-2(4)1-5;;/h5H,1H2,(H2,3,4);;. The van der Waals surface area contributed by atoms with E-state index in [0.717, 1.165) is 0 Å². The van der Waals surface area contributed by atoms with Gasteiger partial charge in [-0.15, -0.1) is 0 Å². The first kappa shape index (κ1) is 9.94. The fourth-order valence-corrected chi connectivity index (χ4v) is 0. The van der Waals surface area contributed by atoms with Crippen molar-refractivity contribution >= 4 is 48.1 Å². The van der Waals surface area contributed by atoms with E-state index in [2.05, 4.69) is 18.4 Å². The van der Waals surface area contributed by atoms with E-state index in [-0.39, 0.29) is 41.2 Å². The fraction of sp³-hybridized carbons (Fsp3) is 0.500. The van der Waals surface area contributed by atoms with Gasteiger partial charge in [0.15, 0.2) is 0 Å². The summed E-state index contributed by atoms with van der Waals surface area (Å²) < 4.78 is 0. The number of nitrogens with two attached hydrogens (primary N) is 1. The molecule has 0 fully saturated rings. The quantitative estimate of drug-likeness (QED) is 0.325. The molecule has 2 N–H and O–H groups in total. The van der Waals surface area contributed by atoms with Crippen molar-refractivity contribution in [2.45, 2.75) is 0 Å². The summed E-state index contributed by atoms with van der Waals surface area (Å²) in [5.41, 5.74) is 4.58. The van der Waals surface area contributed by atoms with E-state index in [4.69, 9.17) is 0 Å². The normalized spacial score (nSPS) is 6.17. The maximum absolute atomic E-state index is 9.51. The van der Waals surface area contributed by atoms with Gasteiger partial charge in [0.1, 0.15) is 0 Å². The molecule has 0 atom stereocenters. The molecule has 0 spiro atoms. The van der Waals surface area contributed by atoms with Crippen LogP contribution in [-0.4, -0.2) is 41.2 Å². The minimum absolute atomic E-state index is 0. The van der Waals surface area contributed by atoms with Crippen LogP contribution < -0.4 is 5.73 Å². The second kappa shape index (κ2) is 5.82. The van der Waals surface area contributed by atoms with E-state index in [0.29, 0.717) is 0 Å². The zero-order valence-corrected chi connectivity index (χ0v) is 3.53. The average Bonchev–Trinajstić information content (AvgIpc) is 1.38. The Morgan fingerprint density at radius 1 is 1.83 bits per heavy atom. The van der Waals surface area contributed by atoms with Crippen molar-refractivity contribution in [2.75, 3.05) is 5.75 Å². The molecule has 0 saturated carbocycles. The summed E-state index contributed by atoms with van der Waals surface area (Å²) in [5.74, 6) is -0.242. The third kappa shape index (κ3) is 8.84. The summed E-state index contributed by atoms with van der Waals surface area (Å²) in [6, 6.07) is 0. The van der Waals surface area contributed by atoms with Gasteiger partial charge in [0.25, 0.3) is 0 Å². The number of primary amides is 1. The zero-order valence-electron chi connectivity index (χ0n) is 2.64. The molecule has 2 nitrogen and oxygen atoms in total. The van der Waals surface area contributed by atoms with Crippen LogP contribution in [0.25, 0.3) is 0 Å². The van der Waals surface area contributed by atoms with Crippen LogP contribution in [0.15, 0.2) is 0 Å². The Morgan fingerprint density at radius 3 is 2.00 bits per heavy atom. The van der Waals surface area contributed by atoms with Crippen molar-refractivity contribution in [3.63, 3.8) is 0 Å². The molecule has 0 aromatic carbocycles. The number of carbonyl (C=O) groups excluding carboxylic acids is 1. The van der Waals surface area contributed by atoms with Crippen LogP contribution >= 0.6 is 12.6 Å². The van der Waals surface area contributed by atoms with Crippen LogP contribution in [0.5, 0.6) is 0 Å². The molecule has 0 saturated heterocycles. The molecule has 0 rings (SSSR count). The van der Waals surface area contributed by atoms with Gasteiger partial charge in [-0.1, -0.05) is 0 Å². The van der Waals surface area contributed by atoms with Gasteiger partial charge < -0.3 is 5.73 Å². The number of rotatable bonds is 1. The van der Waals surface area contributed by atoms with Gasteiger partial charge in [-0.25, -0.2) is 0 Å². The molecule has 1 amide bonds. The van der Waals surface area contributed by atoms with Crippen molar-refractivity contribution in [2.24, 2.45) is 5.73 Å². The maximum atomic E-state index is 9.51. The molecule has 32 valence electrons. The number of carbonyl (C=O) groups is 1. The Hall–Kier alpha value is 0.820. The van der Waals surface area contributed by atoms with Crippen molar-refractivity contribution < 1.29 is 4.79 Å². The topological polar surface area (TPSA) is 43.1 Å². The molecule has 0 aromatic rings. The van der Waals surface area contributed by atoms with Gasteiger partial charge in [-0.3, -0.25) is 4.79 Å². The molecule has 0 aliphatic rings. The second-order valence-electron chi connectivity index (χ2n) is 0.624. The van der Waals surface area contributed by atoms with Crippen LogP contribution in [0.1, 0.15) is 0 Å². The van der Waals surface area contributed by atoms with E-state index < -0.39 is 0 Å². The predicted molar refractivity (Wildman–Crippen MR) is 30.2 cm³/mol. The van der Waals surface area contributed by atoms with E-state index >= 15 is 0 Å². The van der Waals surface area contributed by atoms with Crippen LogP contribution in [0, 0.1) is 0 Å². The molecule has 0 radical (unpaired) electrons. The van der Waals surface area contributed by atoms with Crippen LogP contribution in [0.3, 0.4) is 0 Å². The van der Waals surface area contributed by atoms with Gasteiger partial charge in [0.05, 0.1) is 5.75 Å². The summed E-state index contributed by atoms with van der Waals surface area (Å²) in [7, 11) is 0. The minimum atomic E-state index is -0.381. The molecule has 0 aliphatic carbocycles. The van der Waals surface area contributed by atoms with E-state index in [1.807, 2.05) is 0 Å². The fourth-order valence-electron chi connectivity index (χ4n) is 0. The first-order valence-corrected chi connectivity index (χ1v) is 1.80. The van der Waals surface area contributed by atoms with Crippen LogP contribution in [0.2, 0.25) is 0 Å². The van der Waals surface area contributed by atoms with Gasteiger partial charge in [-0.2, -0.15) is 12.6 Å². The molecular formula is C2H6NNaOS. The first-order chi connectivity index (χ1) is 2.27. The van der Waals surface area contributed by atoms with Crippen molar-refractivity contribution in [3.05, 3.63) is 0 Å². The monoisotopic (exact) mass is 115 g/mol. The Balaban J connectivity index is 0. The summed E-state index contributed by atoms with van der Waals surface area (Å²) in [6.45, 7) is 0. The van der Waals surface area contributed by atoms with Crippen molar-refractivity contribution in [3.8, 4) is 0 Å². The molecule has 0 unspecified atom stereocenters. The summed E-state index contributed by atoms with van der Waals surface area (Å²) in [6.07, 6.45) is 0. The first-order valence-electron chi connectivity index (χ1n) is 1.16. The second-order valence-corrected chi connectivity index (χ2v) is 0.941. The number of hydrogen-bond acceptors (Lipinski definition) is 2.